The average Bonchev–Trinajstić information content (AvgIpc) is 3.09. The third kappa shape index (κ3) is 1.89. The summed E-state index contributed by atoms with van der Waals surface area (Å²) in [6.07, 6.45) is 3.00. The molecular weight excluding hydrogens is 312 g/mol. The van der Waals surface area contributed by atoms with Crippen molar-refractivity contribution in [2.45, 2.75) is 0 Å². The SMILES string of the molecule is N#Cc1c(=N)nc2occc3c(C(=O)c4cccs4)c[nH]c1c23. The standard InChI is InChI=1S/C16H8N4O2S/c17-6-9-13-12-8(3-4-22-16(12)20-15(9)18)10(7-19-13)14(21)11-2-1-5-23-11/h1-5,7,18-19H. The first-order chi connectivity index (χ1) is 11.2. The van der Waals surface area contributed by atoms with Gasteiger partial charge in [0.15, 0.2) is 5.49 Å². The maximum Gasteiger partial charge on any atom is 0.230 e. The Morgan fingerprint density at radius 2 is 2.30 bits per heavy atom. The summed E-state index contributed by atoms with van der Waals surface area (Å²) in [4.78, 5) is 20.3. The van der Waals surface area contributed by atoms with E-state index in [1.807, 2.05) is 17.5 Å². The molecule has 0 aliphatic carbocycles. The number of aromatic nitrogens is 2. The fourth-order valence-electron chi connectivity index (χ4n) is 2.58. The Morgan fingerprint density at radius 3 is 3.04 bits per heavy atom. The smallest absolute Gasteiger partial charge is 0.230 e. The van der Waals surface area contributed by atoms with Crippen molar-refractivity contribution in [2.75, 3.05) is 0 Å². The van der Waals surface area contributed by atoms with Gasteiger partial charge in [-0.15, -0.1) is 11.3 Å². The molecule has 0 saturated carbocycles. The van der Waals surface area contributed by atoms with Crippen LogP contribution in [0.15, 0.2) is 40.5 Å². The molecule has 0 saturated heterocycles. The summed E-state index contributed by atoms with van der Waals surface area (Å²) in [5.41, 5.74) is 1.11. The number of ketones is 1. The van der Waals surface area contributed by atoms with Gasteiger partial charge in [-0.3, -0.25) is 10.2 Å². The number of thiophene rings is 1. The highest BCUT2D eigenvalue weighted by atomic mass is 32.1. The predicted octanol–water partition coefficient (Wildman–Crippen LogP) is 2.95. The zero-order chi connectivity index (χ0) is 16.0. The van der Waals surface area contributed by atoms with Gasteiger partial charge in [-0.25, -0.2) is 0 Å². The molecule has 6 nitrogen and oxygen atoms in total. The number of H-pyrrole nitrogens is 1. The molecule has 0 spiro atoms. The van der Waals surface area contributed by atoms with E-state index in [2.05, 4.69) is 9.97 Å². The van der Waals surface area contributed by atoms with Crippen molar-refractivity contribution < 1.29 is 9.21 Å². The summed E-state index contributed by atoms with van der Waals surface area (Å²) >= 11 is 1.37. The average molecular weight is 320 g/mol. The van der Waals surface area contributed by atoms with E-state index in [4.69, 9.17) is 9.83 Å². The first-order valence-electron chi connectivity index (χ1n) is 6.66. The first-order valence-corrected chi connectivity index (χ1v) is 7.54. The number of aromatic amines is 1. The molecule has 4 rings (SSSR count). The molecule has 4 aromatic rings. The molecule has 0 bridgehead atoms. The molecule has 4 heterocycles. The lowest BCUT2D eigenvalue weighted by atomic mass is 10.0. The minimum absolute atomic E-state index is 0.112. The maximum atomic E-state index is 12.7. The van der Waals surface area contributed by atoms with E-state index < -0.39 is 0 Å². The molecule has 0 radical (unpaired) electrons. The van der Waals surface area contributed by atoms with Gasteiger partial charge in [0.05, 0.1) is 22.0 Å². The zero-order valence-corrected chi connectivity index (χ0v) is 12.4. The van der Waals surface area contributed by atoms with Crippen LogP contribution in [0.4, 0.5) is 0 Å². The molecule has 4 aromatic heterocycles. The van der Waals surface area contributed by atoms with Crippen molar-refractivity contribution in [3.8, 4) is 6.07 Å². The summed E-state index contributed by atoms with van der Waals surface area (Å²) in [5.74, 6) is -0.112. The van der Waals surface area contributed by atoms with E-state index in [1.54, 1.807) is 18.3 Å². The number of hydrogen-bond acceptors (Lipinski definition) is 6. The summed E-state index contributed by atoms with van der Waals surface area (Å²) in [5, 5.41) is 20.1. The number of carbonyl (C=O) groups is 1. The van der Waals surface area contributed by atoms with Crippen LogP contribution < -0.4 is 5.49 Å². The highest BCUT2D eigenvalue weighted by Gasteiger charge is 2.19. The van der Waals surface area contributed by atoms with E-state index in [1.165, 1.54) is 17.6 Å². The molecule has 0 atom stereocenters. The summed E-state index contributed by atoms with van der Waals surface area (Å²) in [6, 6.07) is 7.23. The Bertz CT molecular complexity index is 1160. The molecule has 0 unspecified atom stereocenters. The molecule has 0 aliphatic heterocycles. The van der Waals surface area contributed by atoms with Gasteiger partial charge in [-0.1, -0.05) is 6.07 Å². The third-order valence-corrected chi connectivity index (χ3v) is 4.47. The van der Waals surface area contributed by atoms with Gasteiger partial charge in [0, 0.05) is 17.1 Å². The van der Waals surface area contributed by atoms with Gasteiger partial charge in [-0.2, -0.15) is 10.2 Å². The lowest BCUT2D eigenvalue weighted by Gasteiger charge is -2.09. The Kier molecular flexibility index (Phi) is 2.86. The molecule has 2 N–H and O–H groups in total. The van der Waals surface area contributed by atoms with Crippen LogP contribution in [0.25, 0.3) is 22.0 Å². The lowest BCUT2D eigenvalue weighted by Crippen LogP contribution is -2.13. The van der Waals surface area contributed by atoms with Crippen molar-refractivity contribution in [3.05, 3.63) is 57.5 Å². The largest absolute Gasteiger partial charge is 0.446 e. The molecule has 23 heavy (non-hydrogen) atoms. The summed E-state index contributed by atoms with van der Waals surface area (Å²) in [6.45, 7) is 0. The van der Waals surface area contributed by atoms with Crippen LogP contribution in [0.3, 0.4) is 0 Å². The molecular formula is C16H8N4O2S. The van der Waals surface area contributed by atoms with Gasteiger partial charge < -0.3 is 9.40 Å². The second kappa shape index (κ2) is 4.90. The Balaban J connectivity index is 2.13. The number of rotatable bonds is 2. The Hall–Kier alpha value is -3.24. The van der Waals surface area contributed by atoms with E-state index in [-0.39, 0.29) is 22.5 Å². The van der Waals surface area contributed by atoms with Gasteiger partial charge in [0.2, 0.25) is 11.5 Å². The second-order valence-corrected chi connectivity index (χ2v) is 5.79. The number of nitrogens with one attached hydrogen (secondary N) is 2. The molecule has 0 aromatic carbocycles. The van der Waals surface area contributed by atoms with Crippen LogP contribution in [0.2, 0.25) is 0 Å². The zero-order valence-electron chi connectivity index (χ0n) is 11.6. The van der Waals surface area contributed by atoms with Crippen LogP contribution in [-0.2, 0) is 0 Å². The topological polar surface area (TPSA) is 107 Å². The van der Waals surface area contributed by atoms with Crippen molar-refractivity contribution in [1.82, 2.24) is 9.97 Å². The fraction of sp³-hybridized carbons (Fsp3) is 0. The highest BCUT2D eigenvalue weighted by molar-refractivity contribution is 7.12. The number of hydrogen-bond donors (Lipinski definition) is 2. The van der Waals surface area contributed by atoms with Crippen LogP contribution in [0, 0.1) is 16.7 Å². The second-order valence-electron chi connectivity index (χ2n) is 4.85. The van der Waals surface area contributed by atoms with Crippen molar-refractivity contribution in [2.24, 2.45) is 0 Å². The van der Waals surface area contributed by atoms with Gasteiger partial charge in [-0.05, 0) is 17.5 Å². The Labute approximate surface area is 133 Å². The molecule has 0 fully saturated rings. The minimum Gasteiger partial charge on any atom is -0.446 e. The van der Waals surface area contributed by atoms with Gasteiger partial charge >= 0.3 is 0 Å². The molecule has 110 valence electrons. The first kappa shape index (κ1) is 13.4. The monoisotopic (exact) mass is 320 g/mol. The van der Waals surface area contributed by atoms with E-state index in [0.717, 1.165) is 0 Å². The summed E-state index contributed by atoms with van der Waals surface area (Å²) < 4.78 is 5.35. The normalized spacial score (nSPS) is 10.9. The molecule has 0 amide bonds. The van der Waals surface area contributed by atoms with E-state index in [0.29, 0.717) is 26.7 Å². The van der Waals surface area contributed by atoms with Crippen LogP contribution >= 0.6 is 11.3 Å². The van der Waals surface area contributed by atoms with Crippen LogP contribution in [-0.4, -0.2) is 15.8 Å². The van der Waals surface area contributed by atoms with Crippen molar-refractivity contribution in [3.63, 3.8) is 0 Å². The number of nitriles is 1. The Morgan fingerprint density at radius 1 is 1.43 bits per heavy atom. The quantitative estimate of drug-likeness (QED) is 0.554. The molecule has 7 heteroatoms. The molecule has 0 aliphatic rings. The van der Waals surface area contributed by atoms with Gasteiger partial charge in [0.1, 0.15) is 11.6 Å². The van der Waals surface area contributed by atoms with Crippen LogP contribution in [0.5, 0.6) is 0 Å². The third-order valence-electron chi connectivity index (χ3n) is 3.60. The predicted molar refractivity (Wildman–Crippen MR) is 84.2 cm³/mol. The van der Waals surface area contributed by atoms with Crippen molar-refractivity contribution in [1.29, 1.82) is 10.7 Å². The van der Waals surface area contributed by atoms with Crippen molar-refractivity contribution >= 4 is 39.1 Å². The fourth-order valence-corrected chi connectivity index (χ4v) is 3.25. The lowest BCUT2D eigenvalue weighted by molar-refractivity contribution is 0.104. The maximum absolute atomic E-state index is 12.7. The van der Waals surface area contributed by atoms with Gasteiger partial charge in [0.25, 0.3) is 0 Å². The number of pyridine rings is 2. The number of nitrogens with zero attached hydrogens (tertiary/aromatic N) is 2. The van der Waals surface area contributed by atoms with E-state index in [9.17, 15) is 10.1 Å². The number of carbonyl (C=O) groups excluding carboxylic acids is 1. The minimum atomic E-state index is -0.162. The highest BCUT2D eigenvalue weighted by Crippen LogP contribution is 2.29. The van der Waals surface area contributed by atoms with E-state index >= 15 is 0 Å². The summed E-state index contributed by atoms with van der Waals surface area (Å²) in [7, 11) is 0. The van der Waals surface area contributed by atoms with Crippen LogP contribution in [0.1, 0.15) is 20.8 Å².